The van der Waals surface area contributed by atoms with Gasteiger partial charge in [-0.3, -0.25) is 4.40 Å². The minimum atomic E-state index is 0.110. The Morgan fingerprint density at radius 1 is 1.29 bits per heavy atom. The highest BCUT2D eigenvalue weighted by atomic mass is 16.5. The van der Waals surface area contributed by atoms with Crippen molar-refractivity contribution >= 4 is 11.5 Å². The quantitative estimate of drug-likeness (QED) is 0.694. The number of hydrogen-bond donors (Lipinski definition) is 0. The van der Waals surface area contributed by atoms with Crippen molar-refractivity contribution < 1.29 is 4.74 Å². The van der Waals surface area contributed by atoms with Gasteiger partial charge in [0.1, 0.15) is 6.33 Å². The zero-order chi connectivity index (χ0) is 16.5. The van der Waals surface area contributed by atoms with E-state index in [0.29, 0.717) is 11.9 Å². The van der Waals surface area contributed by atoms with Crippen LogP contribution >= 0.6 is 0 Å². The van der Waals surface area contributed by atoms with Crippen LogP contribution in [-0.2, 0) is 6.54 Å². The highest BCUT2D eigenvalue weighted by molar-refractivity contribution is 5.64. The van der Waals surface area contributed by atoms with Crippen molar-refractivity contribution in [2.75, 3.05) is 4.90 Å². The molecule has 0 spiro atoms. The van der Waals surface area contributed by atoms with E-state index < -0.39 is 0 Å². The predicted octanol–water partition coefficient (Wildman–Crippen LogP) is 2.48. The van der Waals surface area contributed by atoms with Gasteiger partial charge in [-0.1, -0.05) is 0 Å². The lowest BCUT2D eigenvalue weighted by molar-refractivity contribution is 0.232. The first-order chi connectivity index (χ1) is 11.7. The first-order valence-electron chi connectivity index (χ1n) is 8.23. The number of rotatable bonds is 6. The summed E-state index contributed by atoms with van der Waals surface area (Å²) in [6.45, 7) is 4.75. The van der Waals surface area contributed by atoms with E-state index in [-0.39, 0.29) is 6.10 Å². The summed E-state index contributed by atoms with van der Waals surface area (Å²) < 4.78 is 7.60. The molecule has 0 aliphatic heterocycles. The molecule has 0 saturated heterocycles. The average molecular weight is 324 g/mol. The van der Waals surface area contributed by atoms with E-state index in [1.807, 2.05) is 36.6 Å². The second kappa shape index (κ2) is 6.07. The Morgan fingerprint density at radius 3 is 2.96 bits per heavy atom. The SMILES string of the molecule is CC(C)Oc1cc(CN(c2nccn3cnnc23)C2CC2)ccn1. The van der Waals surface area contributed by atoms with Gasteiger partial charge in [0.25, 0.3) is 0 Å². The fraction of sp³-hybridized carbons (Fsp3) is 0.412. The van der Waals surface area contributed by atoms with E-state index in [9.17, 15) is 0 Å². The fourth-order valence-corrected chi connectivity index (χ4v) is 2.76. The third-order valence-corrected chi connectivity index (χ3v) is 3.97. The van der Waals surface area contributed by atoms with E-state index >= 15 is 0 Å². The Labute approximate surface area is 140 Å². The Bertz CT molecular complexity index is 842. The lowest BCUT2D eigenvalue weighted by Gasteiger charge is -2.23. The summed E-state index contributed by atoms with van der Waals surface area (Å²) in [5, 5.41) is 8.21. The molecular formula is C17H20N6O. The number of nitrogens with zero attached hydrogens (tertiary/aromatic N) is 6. The summed E-state index contributed by atoms with van der Waals surface area (Å²) >= 11 is 0. The van der Waals surface area contributed by atoms with E-state index in [2.05, 4.69) is 25.1 Å². The van der Waals surface area contributed by atoms with Gasteiger partial charge in [-0.2, -0.15) is 0 Å². The molecule has 3 heterocycles. The van der Waals surface area contributed by atoms with Crippen LogP contribution in [0.4, 0.5) is 5.82 Å². The van der Waals surface area contributed by atoms with Gasteiger partial charge in [0.05, 0.1) is 6.10 Å². The molecule has 1 aliphatic rings. The Morgan fingerprint density at radius 2 is 2.17 bits per heavy atom. The zero-order valence-corrected chi connectivity index (χ0v) is 13.8. The molecule has 0 unspecified atom stereocenters. The Hall–Kier alpha value is -2.70. The van der Waals surface area contributed by atoms with E-state index in [4.69, 9.17) is 4.74 Å². The van der Waals surface area contributed by atoms with Crippen LogP contribution in [0.2, 0.25) is 0 Å². The zero-order valence-electron chi connectivity index (χ0n) is 13.8. The summed E-state index contributed by atoms with van der Waals surface area (Å²) in [7, 11) is 0. The van der Waals surface area contributed by atoms with Crippen molar-refractivity contribution in [2.24, 2.45) is 0 Å². The third-order valence-electron chi connectivity index (χ3n) is 3.97. The number of hydrogen-bond acceptors (Lipinski definition) is 6. The molecular weight excluding hydrogens is 304 g/mol. The molecule has 3 aromatic heterocycles. The maximum Gasteiger partial charge on any atom is 0.213 e. The minimum Gasteiger partial charge on any atom is -0.475 e. The largest absolute Gasteiger partial charge is 0.475 e. The normalized spacial score (nSPS) is 14.3. The fourth-order valence-electron chi connectivity index (χ4n) is 2.76. The summed E-state index contributed by atoms with van der Waals surface area (Å²) in [5.74, 6) is 1.53. The Balaban J connectivity index is 1.64. The van der Waals surface area contributed by atoms with Crippen LogP contribution in [0, 0.1) is 0 Å². The molecule has 124 valence electrons. The standard InChI is InChI=1S/C17H20N6O/c1-12(2)24-15-9-13(5-6-18-15)10-23(14-3-4-14)16-17-21-20-11-22(17)8-7-19-16/h5-9,11-12,14H,3-4,10H2,1-2H3. The molecule has 0 aromatic carbocycles. The van der Waals surface area contributed by atoms with Gasteiger partial charge in [0.2, 0.25) is 11.5 Å². The number of pyridine rings is 1. The third kappa shape index (κ3) is 3.02. The van der Waals surface area contributed by atoms with Gasteiger partial charge in [-0.15, -0.1) is 10.2 Å². The molecule has 24 heavy (non-hydrogen) atoms. The minimum absolute atomic E-state index is 0.110. The van der Waals surface area contributed by atoms with E-state index in [1.165, 1.54) is 12.8 Å². The van der Waals surface area contributed by atoms with Gasteiger partial charge in [-0.25, -0.2) is 9.97 Å². The number of fused-ring (bicyclic) bond motifs is 1. The summed E-state index contributed by atoms with van der Waals surface area (Å²) in [5.41, 5.74) is 1.94. The van der Waals surface area contributed by atoms with Crippen molar-refractivity contribution in [1.82, 2.24) is 24.6 Å². The van der Waals surface area contributed by atoms with Crippen molar-refractivity contribution in [3.8, 4) is 5.88 Å². The molecule has 1 fully saturated rings. The maximum absolute atomic E-state index is 5.70. The van der Waals surface area contributed by atoms with Gasteiger partial charge < -0.3 is 9.64 Å². The van der Waals surface area contributed by atoms with Gasteiger partial charge in [-0.05, 0) is 38.3 Å². The Kier molecular flexibility index (Phi) is 3.76. The molecule has 0 atom stereocenters. The molecule has 7 heteroatoms. The van der Waals surface area contributed by atoms with Gasteiger partial charge in [0.15, 0.2) is 5.82 Å². The molecule has 1 saturated carbocycles. The van der Waals surface area contributed by atoms with Crippen LogP contribution in [0.15, 0.2) is 37.1 Å². The molecule has 1 aliphatic carbocycles. The van der Waals surface area contributed by atoms with Gasteiger partial charge >= 0.3 is 0 Å². The van der Waals surface area contributed by atoms with Crippen LogP contribution in [0.3, 0.4) is 0 Å². The number of aromatic nitrogens is 5. The molecule has 0 radical (unpaired) electrons. The molecule has 0 bridgehead atoms. The van der Waals surface area contributed by atoms with Crippen LogP contribution in [0.5, 0.6) is 5.88 Å². The molecule has 3 aromatic rings. The van der Waals surface area contributed by atoms with Crippen LogP contribution in [-0.4, -0.2) is 36.7 Å². The summed E-state index contributed by atoms with van der Waals surface area (Å²) in [6, 6.07) is 4.52. The smallest absolute Gasteiger partial charge is 0.213 e. The monoisotopic (exact) mass is 324 g/mol. The molecule has 4 rings (SSSR count). The second-order valence-corrected chi connectivity index (χ2v) is 6.34. The topological polar surface area (TPSA) is 68.4 Å². The van der Waals surface area contributed by atoms with Crippen LogP contribution in [0.25, 0.3) is 5.65 Å². The van der Waals surface area contributed by atoms with E-state index in [0.717, 1.165) is 23.6 Å². The average Bonchev–Trinajstić information content (AvgIpc) is 3.28. The lowest BCUT2D eigenvalue weighted by atomic mass is 10.2. The summed E-state index contributed by atoms with van der Waals surface area (Å²) in [6.07, 6.45) is 9.62. The maximum atomic E-state index is 5.70. The summed E-state index contributed by atoms with van der Waals surface area (Å²) in [4.78, 5) is 11.1. The van der Waals surface area contributed by atoms with Crippen molar-refractivity contribution in [1.29, 1.82) is 0 Å². The molecule has 0 N–H and O–H groups in total. The van der Waals surface area contributed by atoms with E-state index in [1.54, 1.807) is 18.7 Å². The highest BCUT2D eigenvalue weighted by Gasteiger charge is 2.31. The first-order valence-corrected chi connectivity index (χ1v) is 8.23. The van der Waals surface area contributed by atoms with Crippen molar-refractivity contribution in [2.45, 2.75) is 45.4 Å². The second-order valence-electron chi connectivity index (χ2n) is 6.34. The van der Waals surface area contributed by atoms with Crippen molar-refractivity contribution in [3.05, 3.63) is 42.6 Å². The first kappa shape index (κ1) is 14.9. The number of anilines is 1. The van der Waals surface area contributed by atoms with Crippen LogP contribution in [0.1, 0.15) is 32.3 Å². The van der Waals surface area contributed by atoms with Gasteiger partial charge in [0, 0.05) is 37.2 Å². The molecule has 0 amide bonds. The predicted molar refractivity (Wildman–Crippen MR) is 90.0 cm³/mol. The number of ether oxygens (including phenoxy) is 1. The highest BCUT2D eigenvalue weighted by Crippen LogP contribution is 2.33. The van der Waals surface area contributed by atoms with Crippen LogP contribution < -0.4 is 9.64 Å². The lowest BCUT2D eigenvalue weighted by Crippen LogP contribution is -2.26. The molecule has 7 nitrogen and oxygen atoms in total. The van der Waals surface area contributed by atoms with Crippen molar-refractivity contribution in [3.63, 3.8) is 0 Å².